The molecule has 1 aromatic heterocycles. The third-order valence-corrected chi connectivity index (χ3v) is 3.42. The summed E-state index contributed by atoms with van der Waals surface area (Å²) in [6, 6.07) is 9.73. The van der Waals surface area contributed by atoms with Crippen LogP contribution in [0.5, 0.6) is 0 Å². The zero-order chi connectivity index (χ0) is 13.3. The number of aromatic nitrogens is 2. The van der Waals surface area contributed by atoms with E-state index >= 15 is 0 Å². The standard InChI is InChI=1S/C14H16N4O/c15-14(6-7-14)13(19)16-10-11-4-1-2-5-12(11)18-9-3-8-17-18/h1-5,8-9H,6-7,10,15H2,(H,16,19). The van der Waals surface area contributed by atoms with Crippen LogP contribution in [0.1, 0.15) is 18.4 Å². The summed E-state index contributed by atoms with van der Waals surface area (Å²) in [5, 5.41) is 7.11. The average molecular weight is 256 g/mol. The number of para-hydroxylation sites is 1. The molecular weight excluding hydrogens is 240 g/mol. The zero-order valence-electron chi connectivity index (χ0n) is 10.5. The number of nitrogens with two attached hydrogens (primary N) is 1. The molecule has 1 aliphatic rings. The molecule has 3 rings (SSSR count). The molecule has 1 aliphatic carbocycles. The number of rotatable bonds is 4. The molecule has 98 valence electrons. The van der Waals surface area contributed by atoms with Crippen LogP contribution < -0.4 is 11.1 Å². The molecule has 3 N–H and O–H groups in total. The third-order valence-electron chi connectivity index (χ3n) is 3.42. The number of carbonyl (C=O) groups is 1. The smallest absolute Gasteiger partial charge is 0.240 e. The lowest BCUT2D eigenvalue weighted by atomic mass is 10.1. The van der Waals surface area contributed by atoms with Crippen molar-refractivity contribution in [3.05, 3.63) is 48.3 Å². The Kier molecular flexibility index (Phi) is 2.83. The van der Waals surface area contributed by atoms with Crippen molar-refractivity contribution >= 4 is 5.91 Å². The number of nitrogens with zero attached hydrogens (tertiary/aromatic N) is 2. The maximum atomic E-state index is 11.8. The van der Waals surface area contributed by atoms with E-state index in [2.05, 4.69) is 10.4 Å². The molecule has 0 spiro atoms. The van der Waals surface area contributed by atoms with Gasteiger partial charge in [0, 0.05) is 18.9 Å². The zero-order valence-corrected chi connectivity index (χ0v) is 10.5. The van der Waals surface area contributed by atoms with E-state index in [1.54, 1.807) is 10.9 Å². The normalized spacial score (nSPS) is 16.1. The predicted molar refractivity (Wildman–Crippen MR) is 71.6 cm³/mol. The van der Waals surface area contributed by atoms with E-state index in [-0.39, 0.29) is 5.91 Å². The van der Waals surface area contributed by atoms with E-state index in [0.717, 1.165) is 24.1 Å². The Hall–Kier alpha value is -2.14. The van der Waals surface area contributed by atoms with Gasteiger partial charge in [0.05, 0.1) is 11.2 Å². The van der Waals surface area contributed by atoms with Gasteiger partial charge in [-0.1, -0.05) is 18.2 Å². The van der Waals surface area contributed by atoms with Gasteiger partial charge in [-0.3, -0.25) is 4.79 Å². The Bertz CT molecular complexity index is 587. The number of nitrogens with one attached hydrogen (secondary N) is 1. The van der Waals surface area contributed by atoms with Crippen LogP contribution in [0.25, 0.3) is 5.69 Å². The van der Waals surface area contributed by atoms with Gasteiger partial charge in [0.2, 0.25) is 5.91 Å². The summed E-state index contributed by atoms with van der Waals surface area (Å²) in [7, 11) is 0. The fourth-order valence-corrected chi connectivity index (χ4v) is 2.01. The lowest BCUT2D eigenvalue weighted by molar-refractivity contribution is -0.123. The molecule has 0 bridgehead atoms. The van der Waals surface area contributed by atoms with Crippen molar-refractivity contribution in [1.82, 2.24) is 15.1 Å². The minimum atomic E-state index is -0.624. The van der Waals surface area contributed by atoms with Crippen LogP contribution >= 0.6 is 0 Å². The minimum Gasteiger partial charge on any atom is -0.350 e. The highest BCUT2D eigenvalue weighted by Gasteiger charge is 2.45. The van der Waals surface area contributed by atoms with Crippen molar-refractivity contribution in [3.8, 4) is 5.69 Å². The van der Waals surface area contributed by atoms with Crippen molar-refractivity contribution in [3.63, 3.8) is 0 Å². The summed E-state index contributed by atoms with van der Waals surface area (Å²) < 4.78 is 1.79. The number of hydrogen-bond donors (Lipinski definition) is 2. The highest BCUT2D eigenvalue weighted by Crippen LogP contribution is 2.32. The molecule has 0 unspecified atom stereocenters. The van der Waals surface area contributed by atoms with Crippen molar-refractivity contribution < 1.29 is 4.79 Å². The first-order valence-electron chi connectivity index (χ1n) is 6.34. The second kappa shape index (κ2) is 4.51. The number of hydrogen-bond acceptors (Lipinski definition) is 3. The first-order valence-corrected chi connectivity index (χ1v) is 6.34. The molecule has 1 aromatic carbocycles. The molecule has 5 nitrogen and oxygen atoms in total. The van der Waals surface area contributed by atoms with Crippen LogP contribution in [0, 0.1) is 0 Å². The molecule has 5 heteroatoms. The Morgan fingerprint density at radius 1 is 1.37 bits per heavy atom. The molecule has 19 heavy (non-hydrogen) atoms. The van der Waals surface area contributed by atoms with Gasteiger partial charge in [-0.05, 0) is 30.5 Å². The van der Waals surface area contributed by atoms with Gasteiger partial charge >= 0.3 is 0 Å². The fourth-order valence-electron chi connectivity index (χ4n) is 2.01. The van der Waals surface area contributed by atoms with Gasteiger partial charge in [-0.2, -0.15) is 5.10 Å². The maximum Gasteiger partial charge on any atom is 0.240 e. The van der Waals surface area contributed by atoms with Crippen molar-refractivity contribution in [2.45, 2.75) is 24.9 Å². The Balaban J connectivity index is 1.76. The molecule has 1 amide bonds. The maximum absolute atomic E-state index is 11.8. The molecule has 0 radical (unpaired) electrons. The quantitative estimate of drug-likeness (QED) is 0.856. The second-order valence-electron chi connectivity index (χ2n) is 4.92. The second-order valence-corrected chi connectivity index (χ2v) is 4.92. The van der Waals surface area contributed by atoms with Gasteiger partial charge in [0.25, 0.3) is 0 Å². The molecule has 2 aromatic rings. The lowest BCUT2D eigenvalue weighted by Crippen LogP contribution is -2.42. The lowest BCUT2D eigenvalue weighted by Gasteiger charge is -2.13. The van der Waals surface area contributed by atoms with Gasteiger partial charge in [0.1, 0.15) is 0 Å². The summed E-state index contributed by atoms with van der Waals surface area (Å²) in [6.45, 7) is 0.466. The highest BCUT2D eigenvalue weighted by atomic mass is 16.2. The van der Waals surface area contributed by atoms with Crippen molar-refractivity contribution in [2.24, 2.45) is 5.73 Å². The van der Waals surface area contributed by atoms with Crippen LogP contribution in [0.3, 0.4) is 0 Å². The van der Waals surface area contributed by atoms with E-state index in [0.29, 0.717) is 6.54 Å². The highest BCUT2D eigenvalue weighted by molar-refractivity contribution is 5.88. The SMILES string of the molecule is NC1(C(=O)NCc2ccccc2-n2cccn2)CC1. The van der Waals surface area contributed by atoms with Crippen LogP contribution in [0.2, 0.25) is 0 Å². The van der Waals surface area contributed by atoms with Gasteiger partial charge < -0.3 is 11.1 Å². The van der Waals surface area contributed by atoms with Crippen molar-refractivity contribution in [1.29, 1.82) is 0 Å². The van der Waals surface area contributed by atoms with Crippen LogP contribution in [-0.2, 0) is 11.3 Å². The van der Waals surface area contributed by atoms with Crippen molar-refractivity contribution in [2.75, 3.05) is 0 Å². The van der Waals surface area contributed by atoms with E-state index in [1.807, 2.05) is 36.5 Å². The third kappa shape index (κ3) is 2.37. The topological polar surface area (TPSA) is 72.9 Å². The molecule has 1 heterocycles. The Labute approximate surface area is 111 Å². The molecule has 1 fully saturated rings. The predicted octanol–water partition coefficient (Wildman–Crippen LogP) is 0.980. The van der Waals surface area contributed by atoms with Gasteiger partial charge in [-0.25, -0.2) is 4.68 Å². The first kappa shape index (κ1) is 11.9. The summed E-state index contributed by atoms with van der Waals surface area (Å²) in [6.07, 6.45) is 5.17. The number of amides is 1. The monoisotopic (exact) mass is 256 g/mol. The number of carbonyl (C=O) groups excluding carboxylic acids is 1. The summed E-state index contributed by atoms with van der Waals surface area (Å²) in [4.78, 5) is 11.8. The van der Waals surface area contributed by atoms with Crippen LogP contribution in [-0.4, -0.2) is 21.2 Å². The van der Waals surface area contributed by atoms with Gasteiger partial charge in [0.15, 0.2) is 0 Å². The molecular formula is C14H16N4O. The molecule has 0 aliphatic heterocycles. The van der Waals surface area contributed by atoms with E-state index in [4.69, 9.17) is 5.73 Å². The Morgan fingerprint density at radius 3 is 2.84 bits per heavy atom. The molecule has 0 atom stereocenters. The largest absolute Gasteiger partial charge is 0.350 e. The van der Waals surface area contributed by atoms with Crippen LogP contribution in [0.4, 0.5) is 0 Å². The summed E-state index contributed by atoms with van der Waals surface area (Å²) in [5.41, 5.74) is 7.22. The Morgan fingerprint density at radius 2 is 2.16 bits per heavy atom. The molecule has 1 saturated carbocycles. The average Bonchev–Trinajstić information content (AvgIpc) is 2.97. The van der Waals surface area contributed by atoms with E-state index < -0.39 is 5.54 Å². The fraction of sp³-hybridized carbons (Fsp3) is 0.286. The number of benzene rings is 1. The summed E-state index contributed by atoms with van der Waals surface area (Å²) >= 11 is 0. The van der Waals surface area contributed by atoms with E-state index in [9.17, 15) is 4.79 Å². The summed E-state index contributed by atoms with van der Waals surface area (Å²) in [5.74, 6) is -0.0669. The minimum absolute atomic E-state index is 0.0669. The van der Waals surface area contributed by atoms with E-state index in [1.165, 1.54) is 0 Å². The van der Waals surface area contributed by atoms with Crippen LogP contribution in [0.15, 0.2) is 42.7 Å². The first-order chi connectivity index (χ1) is 9.19. The van der Waals surface area contributed by atoms with Gasteiger partial charge in [-0.15, -0.1) is 0 Å². The molecule has 0 saturated heterocycles.